The van der Waals surface area contributed by atoms with Crippen molar-refractivity contribution in [2.24, 2.45) is 0 Å². The molecule has 0 radical (unpaired) electrons. The van der Waals surface area contributed by atoms with Crippen LogP contribution in [-0.2, 0) is 29.2 Å². The first kappa shape index (κ1) is 24.0. The number of esters is 1. The van der Waals surface area contributed by atoms with Crippen LogP contribution >= 0.6 is 0 Å². The lowest BCUT2D eigenvalue weighted by molar-refractivity contribution is -0.359. The molecule has 0 aromatic carbocycles. The van der Waals surface area contributed by atoms with E-state index in [0.717, 1.165) is 0 Å². The van der Waals surface area contributed by atoms with E-state index in [1.807, 2.05) is 6.58 Å². The highest BCUT2D eigenvalue weighted by Crippen LogP contribution is 2.38. The SMILES string of the molecule is C=C(C(=O)OC(OCC(F)(F)S(=O)(=O)[O-])(C(=O)O)C(F)(F)F)C(F)(F)F. The maximum atomic E-state index is 12.9. The molecule has 0 saturated heterocycles. The fourth-order valence-electron chi connectivity index (χ4n) is 0.961. The highest BCUT2D eigenvalue weighted by Gasteiger charge is 2.68. The summed E-state index contributed by atoms with van der Waals surface area (Å²) in [5.41, 5.74) is -2.67. The van der Waals surface area contributed by atoms with Gasteiger partial charge in [0, 0.05) is 0 Å². The van der Waals surface area contributed by atoms with Crippen LogP contribution in [0, 0.1) is 0 Å². The molecule has 0 fully saturated rings. The zero-order chi connectivity index (χ0) is 21.4. The van der Waals surface area contributed by atoms with E-state index in [0.29, 0.717) is 0 Å². The highest BCUT2D eigenvalue weighted by atomic mass is 32.2. The van der Waals surface area contributed by atoms with Gasteiger partial charge in [-0.2, -0.15) is 35.1 Å². The van der Waals surface area contributed by atoms with E-state index in [1.54, 1.807) is 0 Å². The molecule has 0 rings (SSSR count). The van der Waals surface area contributed by atoms with Crippen molar-refractivity contribution in [2.75, 3.05) is 6.61 Å². The molecule has 17 heteroatoms. The van der Waals surface area contributed by atoms with Crippen LogP contribution in [0.4, 0.5) is 35.1 Å². The average Bonchev–Trinajstić information content (AvgIpc) is 2.38. The van der Waals surface area contributed by atoms with E-state index >= 15 is 0 Å². The molecule has 0 aromatic heterocycles. The monoisotopic (exact) mass is 425 g/mol. The minimum Gasteiger partial charge on any atom is -0.743 e. The number of ether oxygens (including phenoxy) is 2. The largest absolute Gasteiger partial charge is 0.743 e. The molecule has 8 nitrogen and oxygen atoms in total. The van der Waals surface area contributed by atoms with Gasteiger partial charge in [0.15, 0.2) is 10.1 Å². The van der Waals surface area contributed by atoms with Crippen LogP contribution in [0.25, 0.3) is 0 Å². The molecule has 0 spiro atoms. The number of carboxylic acids is 1. The van der Waals surface area contributed by atoms with Gasteiger partial charge >= 0.3 is 35.3 Å². The Bertz CT molecular complexity index is 693. The highest BCUT2D eigenvalue weighted by molar-refractivity contribution is 7.86. The summed E-state index contributed by atoms with van der Waals surface area (Å²) >= 11 is 0. The molecule has 152 valence electrons. The Morgan fingerprint density at radius 1 is 1.04 bits per heavy atom. The van der Waals surface area contributed by atoms with Crippen LogP contribution in [0.1, 0.15) is 0 Å². The second-order valence-electron chi connectivity index (χ2n) is 4.17. The summed E-state index contributed by atoms with van der Waals surface area (Å²) in [5, 5.41) is 2.84. The lowest BCUT2D eigenvalue weighted by atomic mass is 10.2. The third kappa shape index (κ3) is 5.01. The molecule has 0 aliphatic rings. The van der Waals surface area contributed by atoms with Crippen molar-refractivity contribution in [1.29, 1.82) is 0 Å². The molecule has 0 aliphatic heterocycles. The number of carbonyl (C=O) groups is 2. The van der Waals surface area contributed by atoms with Crippen molar-refractivity contribution < 1.29 is 72.3 Å². The zero-order valence-electron chi connectivity index (χ0n) is 11.7. The summed E-state index contributed by atoms with van der Waals surface area (Å²) in [6.07, 6.45) is -12.2. The summed E-state index contributed by atoms with van der Waals surface area (Å²) in [6, 6.07) is 0. The number of rotatable bonds is 7. The Morgan fingerprint density at radius 2 is 1.46 bits per heavy atom. The lowest BCUT2D eigenvalue weighted by Gasteiger charge is -2.32. The topological polar surface area (TPSA) is 130 Å². The minimum absolute atomic E-state index is 1.99. The van der Waals surface area contributed by atoms with Crippen LogP contribution in [0.5, 0.6) is 0 Å². The summed E-state index contributed by atoms with van der Waals surface area (Å²) in [4.78, 5) is 21.8. The fourth-order valence-corrected chi connectivity index (χ4v) is 1.16. The van der Waals surface area contributed by atoms with E-state index in [-0.39, 0.29) is 0 Å². The van der Waals surface area contributed by atoms with E-state index in [9.17, 15) is 57.7 Å². The molecule has 1 N–H and O–H groups in total. The molecule has 1 unspecified atom stereocenters. The predicted molar refractivity (Wildman–Crippen MR) is 58.3 cm³/mol. The molecule has 1 atom stereocenters. The first-order valence-electron chi connectivity index (χ1n) is 5.46. The quantitative estimate of drug-likeness (QED) is 0.211. The third-order valence-electron chi connectivity index (χ3n) is 2.29. The van der Waals surface area contributed by atoms with Crippen LogP contribution in [0.15, 0.2) is 12.2 Å². The Kier molecular flexibility index (Phi) is 6.41. The Balaban J connectivity index is 6.00. The fraction of sp³-hybridized carbons (Fsp3) is 0.556. The van der Waals surface area contributed by atoms with Gasteiger partial charge < -0.3 is 19.1 Å². The van der Waals surface area contributed by atoms with Gasteiger partial charge in [0.05, 0.1) is 0 Å². The molecule has 0 aliphatic carbocycles. The normalized spacial score (nSPS) is 15.9. The van der Waals surface area contributed by atoms with Crippen molar-refractivity contribution in [3.05, 3.63) is 12.2 Å². The van der Waals surface area contributed by atoms with Crippen LogP contribution in [0.3, 0.4) is 0 Å². The van der Waals surface area contributed by atoms with Crippen molar-refractivity contribution in [1.82, 2.24) is 0 Å². The molecule has 0 bridgehead atoms. The van der Waals surface area contributed by atoms with Gasteiger partial charge in [0.1, 0.15) is 12.2 Å². The lowest BCUT2D eigenvalue weighted by Crippen LogP contribution is -2.59. The number of hydrogen-bond donors (Lipinski definition) is 1. The van der Waals surface area contributed by atoms with Crippen molar-refractivity contribution in [2.45, 2.75) is 23.4 Å². The van der Waals surface area contributed by atoms with Gasteiger partial charge in [0.2, 0.25) is 0 Å². The number of carbonyl (C=O) groups excluding carboxylic acids is 1. The number of aliphatic carboxylic acids is 1. The van der Waals surface area contributed by atoms with E-state index in [4.69, 9.17) is 5.11 Å². The predicted octanol–water partition coefficient (Wildman–Crippen LogP) is 1.15. The van der Waals surface area contributed by atoms with E-state index in [2.05, 4.69) is 9.47 Å². The first-order valence-corrected chi connectivity index (χ1v) is 6.86. The van der Waals surface area contributed by atoms with Gasteiger partial charge in [-0.05, 0) is 0 Å². The smallest absolute Gasteiger partial charge is 0.468 e. The summed E-state index contributed by atoms with van der Waals surface area (Å²) in [6.45, 7) is -1.12. The average molecular weight is 425 g/mol. The maximum Gasteiger partial charge on any atom is 0.468 e. The molecular formula is C9H5F8O8S-. The second kappa shape index (κ2) is 6.95. The number of hydrogen-bond acceptors (Lipinski definition) is 7. The molecule has 0 aromatic rings. The summed E-state index contributed by atoms with van der Waals surface area (Å²) in [7, 11) is -6.67. The minimum atomic E-state index is -6.67. The van der Waals surface area contributed by atoms with Crippen molar-refractivity contribution in [3.8, 4) is 0 Å². The van der Waals surface area contributed by atoms with Crippen molar-refractivity contribution in [3.63, 3.8) is 0 Å². The van der Waals surface area contributed by atoms with Gasteiger partial charge in [0.25, 0.3) is 0 Å². The van der Waals surface area contributed by atoms with Gasteiger partial charge in [-0.3, -0.25) is 0 Å². The van der Waals surface area contributed by atoms with Crippen LogP contribution < -0.4 is 0 Å². The van der Waals surface area contributed by atoms with Gasteiger partial charge in [-0.1, -0.05) is 6.58 Å². The molecule has 0 saturated carbocycles. The summed E-state index contributed by atoms with van der Waals surface area (Å²) < 4.78 is 137. The Labute approximate surface area is 137 Å². The molecule has 0 amide bonds. The van der Waals surface area contributed by atoms with E-state index in [1.165, 1.54) is 0 Å². The number of alkyl halides is 8. The number of halogens is 8. The second-order valence-corrected chi connectivity index (χ2v) is 5.67. The van der Waals surface area contributed by atoms with E-state index < -0.39 is 57.6 Å². The summed E-state index contributed by atoms with van der Waals surface area (Å²) in [5.74, 6) is -12.0. The molecular weight excluding hydrogens is 420 g/mol. The number of carboxylic acid groups (broad SMARTS) is 1. The van der Waals surface area contributed by atoms with Crippen LogP contribution in [0.2, 0.25) is 0 Å². The molecule has 26 heavy (non-hydrogen) atoms. The Morgan fingerprint density at radius 3 is 1.73 bits per heavy atom. The Hall–Kier alpha value is -2.01. The van der Waals surface area contributed by atoms with Crippen molar-refractivity contribution >= 4 is 22.1 Å². The van der Waals surface area contributed by atoms with Gasteiger partial charge in [-0.15, -0.1) is 0 Å². The molecule has 0 heterocycles. The first-order chi connectivity index (χ1) is 11.2. The zero-order valence-corrected chi connectivity index (χ0v) is 12.5. The van der Waals surface area contributed by atoms with Crippen LogP contribution in [-0.4, -0.2) is 60.0 Å². The maximum absolute atomic E-state index is 12.9. The van der Waals surface area contributed by atoms with Gasteiger partial charge in [-0.25, -0.2) is 18.0 Å². The standard InChI is InChI=1S/C9H6F8O8S/c1-3(8(12,13)14)4(18)25-7(5(19)20,9(15,16)17)24-2-6(10,11)26(21,22)23/h1-2H2,(H,19,20)(H,21,22,23)/p-1. The third-order valence-corrected chi connectivity index (χ3v) is 3.14.